The predicted molar refractivity (Wildman–Crippen MR) is 94.7 cm³/mol. The van der Waals surface area contributed by atoms with Gasteiger partial charge in [0.25, 0.3) is 5.56 Å². The van der Waals surface area contributed by atoms with Crippen LogP contribution in [0.3, 0.4) is 0 Å². The van der Waals surface area contributed by atoms with Gasteiger partial charge in [-0.15, -0.1) is 0 Å². The fraction of sp³-hybridized carbons (Fsp3) is 0.0556. The van der Waals surface area contributed by atoms with Crippen LogP contribution in [0.15, 0.2) is 59.4 Å². The maximum absolute atomic E-state index is 12.0. The summed E-state index contributed by atoms with van der Waals surface area (Å²) in [5, 5.41) is 11.0. The second kappa shape index (κ2) is 7.10. The van der Waals surface area contributed by atoms with Crippen molar-refractivity contribution in [2.75, 3.05) is 0 Å². The Morgan fingerprint density at radius 3 is 2.62 bits per heavy atom. The van der Waals surface area contributed by atoms with Gasteiger partial charge in [-0.2, -0.15) is 5.10 Å². The molecule has 1 amide bonds. The minimum Gasteiger partial charge on any atom is -0.347 e. The highest BCUT2D eigenvalue weighted by molar-refractivity contribution is 6.32. The molecule has 2 aromatic carbocycles. The molecule has 120 valence electrons. The van der Waals surface area contributed by atoms with E-state index in [0.29, 0.717) is 16.1 Å². The van der Waals surface area contributed by atoms with Crippen molar-refractivity contribution in [3.05, 3.63) is 81.2 Å². The highest BCUT2D eigenvalue weighted by atomic mass is 35.5. The molecule has 0 bridgehead atoms. The van der Waals surface area contributed by atoms with Gasteiger partial charge < -0.3 is 5.32 Å². The van der Waals surface area contributed by atoms with Crippen molar-refractivity contribution < 1.29 is 4.79 Å². The van der Waals surface area contributed by atoms with E-state index in [1.54, 1.807) is 30.3 Å². The lowest BCUT2D eigenvalue weighted by Gasteiger charge is -2.05. The van der Waals surface area contributed by atoms with Crippen LogP contribution < -0.4 is 10.9 Å². The molecule has 0 saturated heterocycles. The lowest BCUT2D eigenvalue weighted by Crippen LogP contribution is -2.22. The number of nitrogens with zero attached hydrogens (tertiary/aromatic N) is 1. The average molecular weight is 340 g/mol. The average Bonchev–Trinajstić information content (AvgIpc) is 2.61. The van der Waals surface area contributed by atoms with Gasteiger partial charge in [-0.25, -0.2) is 5.10 Å². The number of hydrogen-bond donors (Lipinski definition) is 2. The molecule has 24 heavy (non-hydrogen) atoms. The Hall–Kier alpha value is -2.92. The second-order valence-electron chi connectivity index (χ2n) is 5.12. The fourth-order valence-corrected chi connectivity index (χ4v) is 2.51. The molecule has 0 saturated carbocycles. The normalized spacial score (nSPS) is 11.0. The van der Waals surface area contributed by atoms with Gasteiger partial charge in [0, 0.05) is 16.5 Å². The van der Waals surface area contributed by atoms with E-state index in [-0.39, 0.29) is 18.0 Å². The van der Waals surface area contributed by atoms with Crippen LogP contribution >= 0.6 is 11.6 Å². The number of nitrogens with one attached hydrogen (secondary N) is 2. The van der Waals surface area contributed by atoms with Crippen LogP contribution in [-0.2, 0) is 11.3 Å². The number of rotatable bonds is 4. The number of fused-ring (bicyclic) bond motifs is 1. The van der Waals surface area contributed by atoms with E-state index in [2.05, 4.69) is 15.5 Å². The Labute approximate surface area is 143 Å². The van der Waals surface area contributed by atoms with E-state index in [0.717, 1.165) is 10.9 Å². The minimum absolute atomic E-state index is 0.211. The first-order valence-electron chi connectivity index (χ1n) is 7.32. The maximum atomic E-state index is 12.0. The van der Waals surface area contributed by atoms with Gasteiger partial charge in [0.05, 0.1) is 17.6 Å². The Morgan fingerprint density at radius 2 is 1.83 bits per heavy atom. The molecule has 1 aromatic heterocycles. The van der Waals surface area contributed by atoms with Gasteiger partial charge in [0.15, 0.2) is 0 Å². The molecule has 0 fully saturated rings. The predicted octanol–water partition coefficient (Wildman–Crippen LogP) is 2.91. The number of benzene rings is 2. The fourth-order valence-electron chi connectivity index (χ4n) is 2.31. The monoisotopic (exact) mass is 339 g/mol. The number of aromatic nitrogens is 2. The van der Waals surface area contributed by atoms with Gasteiger partial charge in [0.2, 0.25) is 5.91 Å². The van der Waals surface area contributed by atoms with Crippen LogP contribution in [-0.4, -0.2) is 16.1 Å². The van der Waals surface area contributed by atoms with Crippen LogP contribution in [0.5, 0.6) is 0 Å². The van der Waals surface area contributed by atoms with E-state index in [9.17, 15) is 9.59 Å². The first-order valence-corrected chi connectivity index (χ1v) is 7.69. The summed E-state index contributed by atoms with van der Waals surface area (Å²) >= 11 is 6.03. The smallest absolute Gasteiger partial charge is 0.272 e. The van der Waals surface area contributed by atoms with Gasteiger partial charge in [-0.1, -0.05) is 48.0 Å². The van der Waals surface area contributed by atoms with E-state index in [1.807, 2.05) is 24.3 Å². The highest BCUT2D eigenvalue weighted by Gasteiger charge is 2.06. The number of carbonyl (C=O) groups is 1. The summed E-state index contributed by atoms with van der Waals surface area (Å²) < 4.78 is 0. The van der Waals surface area contributed by atoms with Crippen molar-refractivity contribution in [1.82, 2.24) is 15.5 Å². The summed E-state index contributed by atoms with van der Waals surface area (Å²) in [5.74, 6) is -0.271. The van der Waals surface area contributed by atoms with Crippen molar-refractivity contribution >= 4 is 34.4 Å². The van der Waals surface area contributed by atoms with E-state index >= 15 is 0 Å². The number of hydrogen-bond acceptors (Lipinski definition) is 3. The van der Waals surface area contributed by atoms with E-state index < -0.39 is 0 Å². The van der Waals surface area contributed by atoms with E-state index in [1.165, 1.54) is 6.08 Å². The number of aromatic amines is 1. The topological polar surface area (TPSA) is 74.8 Å². The van der Waals surface area contributed by atoms with Crippen LogP contribution in [0.1, 0.15) is 11.3 Å². The van der Waals surface area contributed by atoms with Crippen LogP contribution in [0, 0.1) is 0 Å². The zero-order valence-corrected chi connectivity index (χ0v) is 13.4. The Morgan fingerprint density at radius 1 is 1.12 bits per heavy atom. The molecule has 0 aliphatic heterocycles. The standard InChI is InChI=1S/C18H14ClN3O2/c19-15-8-4-1-5-12(15)9-10-17(23)20-11-16-13-6-2-3-7-14(13)18(24)22-21-16/h1-10H,11H2,(H,20,23)(H,22,24). The van der Waals surface area contributed by atoms with Crippen LogP contribution in [0.4, 0.5) is 0 Å². The van der Waals surface area contributed by atoms with Crippen molar-refractivity contribution in [3.8, 4) is 0 Å². The van der Waals surface area contributed by atoms with Crippen molar-refractivity contribution in [2.24, 2.45) is 0 Å². The number of halogens is 1. The highest BCUT2D eigenvalue weighted by Crippen LogP contribution is 2.16. The minimum atomic E-state index is -0.271. The third kappa shape index (κ3) is 3.52. The lowest BCUT2D eigenvalue weighted by molar-refractivity contribution is -0.116. The molecule has 3 rings (SSSR count). The van der Waals surface area contributed by atoms with Gasteiger partial charge in [-0.05, 0) is 23.8 Å². The van der Waals surface area contributed by atoms with Crippen molar-refractivity contribution in [3.63, 3.8) is 0 Å². The lowest BCUT2D eigenvalue weighted by atomic mass is 10.1. The molecule has 1 heterocycles. The molecular formula is C18H14ClN3O2. The zero-order chi connectivity index (χ0) is 16.9. The zero-order valence-electron chi connectivity index (χ0n) is 12.6. The largest absolute Gasteiger partial charge is 0.347 e. The van der Waals surface area contributed by atoms with Gasteiger partial charge >= 0.3 is 0 Å². The van der Waals surface area contributed by atoms with Crippen molar-refractivity contribution in [1.29, 1.82) is 0 Å². The number of carbonyl (C=O) groups excluding carboxylic acids is 1. The molecule has 0 atom stereocenters. The summed E-state index contributed by atoms with van der Waals surface area (Å²) in [4.78, 5) is 23.7. The number of H-pyrrole nitrogens is 1. The maximum Gasteiger partial charge on any atom is 0.272 e. The van der Waals surface area contributed by atoms with Gasteiger partial charge in [-0.3, -0.25) is 9.59 Å². The van der Waals surface area contributed by atoms with Crippen LogP contribution in [0.2, 0.25) is 5.02 Å². The Kier molecular flexibility index (Phi) is 4.72. The third-order valence-corrected chi connectivity index (χ3v) is 3.87. The first kappa shape index (κ1) is 16.0. The molecule has 3 aromatic rings. The summed E-state index contributed by atoms with van der Waals surface area (Å²) in [6.45, 7) is 0.211. The molecule has 0 spiro atoms. The summed E-state index contributed by atoms with van der Waals surface area (Å²) in [6.07, 6.45) is 3.06. The Balaban J connectivity index is 1.72. The SMILES string of the molecule is O=C(C=Cc1ccccc1Cl)NCc1n[nH]c(=O)c2ccccc12. The summed E-state index contributed by atoms with van der Waals surface area (Å²) in [6, 6.07) is 14.4. The molecule has 0 aliphatic rings. The Bertz CT molecular complexity index is 979. The molecule has 0 radical (unpaired) electrons. The summed E-state index contributed by atoms with van der Waals surface area (Å²) in [5.41, 5.74) is 1.12. The van der Waals surface area contributed by atoms with Crippen molar-refractivity contribution in [2.45, 2.75) is 6.54 Å². The third-order valence-electron chi connectivity index (χ3n) is 3.52. The molecule has 6 heteroatoms. The quantitative estimate of drug-likeness (QED) is 0.718. The molecule has 5 nitrogen and oxygen atoms in total. The first-order chi connectivity index (χ1) is 11.6. The van der Waals surface area contributed by atoms with Gasteiger partial charge in [0.1, 0.15) is 0 Å². The molecule has 2 N–H and O–H groups in total. The molecular weight excluding hydrogens is 326 g/mol. The van der Waals surface area contributed by atoms with Crippen LogP contribution in [0.25, 0.3) is 16.8 Å². The summed E-state index contributed by atoms with van der Waals surface area (Å²) in [7, 11) is 0. The number of amides is 1. The van der Waals surface area contributed by atoms with E-state index in [4.69, 9.17) is 11.6 Å². The molecule has 0 aliphatic carbocycles. The molecule has 0 unspecified atom stereocenters. The second-order valence-corrected chi connectivity index (χ2v) is 5.52.